The lowest BCUT2D eigenvalue weighted by Gasteiger charge is -2.03. The molecule has 0 radical (unpaired) electrons. The predicted octanol–water partition coefficient (Wildman–Crippen LogP) is 3.69. The summed E-state index contributed by atoms with van der Waals surface area (Å²) < 4.78 is 18.4. The van der Waals surface area contributed by atoms with Crippen molar-refractivity contribution in [3.63, 3.8) is 0 Å². The van der Waals surface area contributed by atoms with Gasteiger partial charge in [0.2, 0.25) is 5.91 Å². The lowest BCUT2D eigenvalue weighted by Crippen LogP contribution is -2.07. The molecule has 2 aromatic carbocycles. The van der Waals surface area contributed by atoms with Gasteiger partial charge >= 0.3 is 0 Å². The Kier molecular flexibility index (Phi) is 5.25. The number of carbonyl (C=O) groups excluding carboxylic acids is 2. The molecule has 4 nitrogen and oxygen atoms in total. The van der Waals surface area contributed by atoms with Crippen molar-refractivity contribution in [2.75, 3.05) is 12.4 Å². The number of anilines is 1. The van der Waals surface area contributed by atoms with Gasteiger partial charge in [0.1, 0.15) is 0 Å². The first kappa shape index (κ1) is 16.4. The molecule has 0 spiro atoms. The summed E-state index contributed by atoms with van der Waals surface area (Å²) in [5.41, 5.74) is 1.70. The molecule has 118 valence electrons. The highest BCUT2D eigenvalue weighted by molar-refractivity contribution is 6.02. The Balaban J connectivity index is 2.01. The number of ether oxygens (including phenoxy) is 1. The zero-order chi connectivity index (χ0) is 16.8. The molecule has 2 aromatic rings. The molecule has 0 atom stereocenters. The summed E-state index contributed by atoms with van der Waals surface area (Å²) in [5.74, 6) is -0.729. The zero-order valence-electron chi connectivity index (χ0n) is 12.8. The molecule has 0 saturated carbocycles. The van der Waals surface area contributed by atoms with Crippen LogP contribution in [0.3, 0.4) is 0 Å². The summed E-state index contributed by atoms with van der Waals surface area (Å²) in [4.78, 5) is 23.0. The Morgan fingerprint density at radius 3 is 2.39 bits per heavy atom. The van der Waals surface area contributed by atoms with Crippen LogP contribution in [-0.2, 0) is 4.79 Å². The van der Waals surface area contributed by atoms with E-state index in [4.69, 9.17) is 4.74 Å². The molecule has 5 heteroatoms. The Morgan fingerprint density at radius 1 is 1.13 bits per heavy atom. The second-order valence-corrected chi connectivity index (χ2v) is 4.85. The maximum absolute atomic E-state index is 13.5. The molecule has 0 aliphatic carbocycles. The molecule has 2 rings (SSSR count). The van der Waals surface area contributed by atoms with E-state index in [-0.39, 0.29) is 17.4 Å². The summed E-state index contributed by atoms with van der Waals surface area (Å²) in [7, 11) is 1.39. The van der Waals surface area contributed by atoms with Gasteiger partial charge in [-0.05, 0) is 55.0 Å². The first-order valence-electron chi connectivity index (χ1n) is 6.93. The predicted molar refractivity (Wildman–Crippen MR) is 87.1 cm³/mol. The van der Waals surface area contributed by atoms with Gasteiger partial charge in [-0.1, -0.05) is 6.07 Å². The standard InChI is InChI=1S/C18H16FNO3/c1-12(21)14-5-7-15(8-6-14)20-18(22)10-4-13-3-9-17(23-2)16(19)11-13/h3-11H,1-2H3,(H,20,22)/b10-4+. The van der Waals surface area contributed by atoms with Crippen LogP contribution in [0.4, 0.5) is 10.1 Å². The fourth-order valence-corrected chi connectivity index (χ4v) is 1.93. The molecule has 1 amide bonds. The van der Waals surface area contributed by atoms with Gasteiger partial charge < -0.3 is 10.1 Å². The Bertz CT molecular complexity index is 751. The van der Waals surface area contributed by atoms with Crippen LogP contribution in [0, 0.1) is 5.82 Å². The summed E-state index contributed by atoms with van der Waals surface area (Å²) in [6, 6.07) is 11.0. The normalized spacial score (nSPS) is 10.6. The van der Waals surface area contributed by atoms with Crippen molar-refractivity contribution in [3.8, 4) is 5.75 Å². The number of methoxy groups -OCH3 is 1. The molecular formula is C18H16FNO3. The van der Waals surface area contributed by atoms with Gasteiger partial charge in [0, 0.05) is 17.3 Å². The average molecular weight is 313 g/mol. The number of benzene rings is 2. The molecule has 0 unspecified atom stereocenters. The third kappa shape index (κ3) is 4.51. The third-order valence-electron chi connectivity index (χ3n) is 3.16. The number of amides is 1. The first-order chi connectivity index (χ1) is 11.0. The first-order valence-corrected chi connectivity index (χ1v) is 6.93. The van der Waals surface area contributed by atoms with Crippen molar-refractivity contribution in [2.24, 2.45) is 0 Å². The second kappa shape index (κ2) is 7.35. The monoisotopic (exact) mass is 313 g/mol. The maximum Gasteiger partial charge on any atom is 0.248 e. The Morgan fingerprint density at radius 2 is 1.83 bits per heavy atom. The van der Waals surface area contributed by atoms with Crippen LogP contribution in [-0.4, -0.2) is 18.8 Å². The number of halogens is 1. The van der Waals surface area contributed by atoms with E-state index in [0.29, 0.717) is 16.8 Å². The van der Waals surface area contributed by atoms with E-state index >= 15 is 0 Å². The smallest absolute Gasteiger partial charge is 0.248 e. The lowest BCUT2D eigenvalue weighted by molar-refractivity contribution is -0.111. The van der Waals surface area contributed by atoms with E-state index in [1.54, 1.807) is 30.3 Å². The third-order valence-corrected chi connectivity index (χ3v) is 3.16. The molecule has 0 bridgehead atoms. The number of ketones is 1. The minimum Gasteiger partial charge on any atom is -0.494 e. The molecule has 0 saturated heterocycles. The number of nitrogens with one attached hydrogen (secondary N) is 1. The van der Waals surface area contributed by atoms with Gasteiger partial charge in [0.25, 0.3) is 0 Å². The summed E-state index contributed by atoms with van der Waals surface area (Å²) >= 11 is 0. The summed E-state index contributed by atoms with van der Waals surface area (Å²) in [5, 5.41) is 2.66. The van der Waals surface area contributed by atoms with E-state index in [1.807, 2.05) is 0 Å². The molecule has 23 heavy (non-hydrogen) atoms. The molecule has 0 aliphatic heterocycles. The van der Waals surface area contributed by atoms with E-state index in [9.17, 15) is 14.0 Å². The molecule has 0 aromatic heterocycles. The number of carbonyl (C=O) groups is 2. The van der Waals surface area contributed by atoms with E-state index < -0.39 is 5.82 Å². The minimum absolute atomic E-state index is 0.0377. The summed E-state index contributed by atoms with van der Waals surface area (Å²) in [6.45, 7) is 1.48. The highest BCUT2D eigenvalue weighted by Crippen LogP contribution is 2.18. The van der Waals surface area contributed by atoms with Gasteiger partial charge in [0.15, 0.2) is 17.3 Å². The number of Topliss-reactive ketones (excluding diaryl/α,β-unsaturated/α-hetero) is 1. The van der Waals surface area contributed by atoms with Crippen molar-refractivity contribution >= 4 is 23.5 Å². The van der Waals surface area contributed by atoms with Crippen LogP contribution in [0.2, 0.25) is 0 Å². The van der Waals surface area contributed by atoms with Crippen LogP contribution in [0.5, 0.6) is 5.75 Å². The fourth-order valence-electron chi connectivity index (χ4n) is 1.93. The number of hydrogen-bond donors (Lipinski definition) is 1. The van der Waals surface area contributed by atoms with E-state index in [2.05, 4.69) is 5.32 Å². The van der Waals surface area contributed by atoms with Crippen LogP contribution in [0.15, 0.2) is 48.5 Å². The van der Waals surface area contributed by atoms with Crippen molar-refractivity contribution in [1.82, 2.24) is 0 Å². The second-order valence-electron chi connectivity index (χ2n) is 4.85. The molecule has 0 heterocycles. The zero-order valence-corrected chi connectivity index (χ0v) is 12.8. The molecular weight excluding hydrogens is 297 g/mol. The van der Waals surface area contributed by atoms with E-state index in [1.165, 1.54) is 38.3 Å². The highest BCUT2D eigenvalue weighted by atomic mass is 19.1. The van der Waals surface area contributed by atoms with Crippen LogP contribution in [0.1, 0.15) is 22.8 Å². The van der Waals surface area contributed by atoms with Crippen LogP contribution in [0.25, 0.3) is 6.08 Å². The van der Waals surface area contributed by atoms with Gasteiger partial charge in [-0.15, -0.1) is 0 Å². The molecule has 1 N–H and O–H groups in total. The number of rotatable bonds is 5. The van der Waals surface area contributed by atoms with E-state index in [0.717, 1.165) is 0 Å². The summed E-state index contributed by atoms with van der Waals surface area (Å²) in [6.07, 6.45) is 2.81. The topological polar surface area (TPSA) is 55.4 Å². The quantitative estimate of drug-likeness (QED) is 0.676. The lowest BCUT2D eigenvalue weighted by atomic mass is 10.1. The molecule has 0 fully saturated rings. The van der Waals surface area contributed by atoms with Crippen molar-refractivity contribution in [1.29, 1.82) is 0 Å². The van der Waals surface area contributed by atoms with Crippen LogP contribution >= 0.6 is 0 Å². The SMILES string of the molecule is COc1ccc(/C=C/C(=O)Nc2ccc(C(C)=O)cc2)cc1F. The van der Waals surface area contributed by atoms with Gasteiger partial charge in [-0.3, -0.25) is 9.59 Å². The maximum atomic E-state index is 13.5. The largest absolute Gasteiger partial charge is 0.494 e. The van der Waals surface area contributed by atoms with Gasteiger partial charge in [-0.2, -0.15) is 0 Å². The Hall–Kier alpha value is -2.95. The fraction of sp³-hybridized carbons (Fsp3) is 0.111. The van der Waals surface area contributed by atoms with Crippen molar-refractivity contribution in [2.45, 2.75) is 6.92 Å². The van der Waals surface area contributed by atoms with Crippen molar-refractivity contribution in [3.05, 3.63) is 65.5 Å². The Labute approximate surface area is 133 Å². The highest BCUT2D eigenvalue weighted by Gasteiger charge is 2.03. The van der Waals surface area contributed by atoms with Crippen molar-refractivity contribution < 1.29 is 18.7 Å². The minimum atomic E-state index is -0.491. The molecule has 0 aliphatic rings. The van der Waals surface area contributed by atoms with Gasteiger partial charge in [-0.25, -0.2) is 4.39 Å². The van der Waals surface area contributed by atoms with Gasteiger partial charge in [0.05, 0.1) is 7.11 Å². The number of hydrogen-bond acceptors (Lipinski definition) is 3. The van der Waals surface area contributed by atoms with Crippen LogP contribution < -0.4 is 10.1 Å². The average Bonchev–Trinajstić information content (AvgIpc) is 2.53.